The normalized spacial score (nSPS) is 11.2. The Morgan fingerprint density at radius 2 is 2.13 bits per heavy atom. The van der Waals surface area contributed by atoms with E-state index in [1.807, 2.05) is 33.0 Å². The highest BCUT2D eigenvalue weighted by atomic mass is 16.1. The van der Waals surface area contributed by atoms with Gasteiger partial charge >= 0.3 is 0 Å². The third-order valence-electron chi connectivity index (χ3n) is 2.43. The van der Waals surface area contributed by atoms with Crippen molar-refractivity contribution in [1.29, 1.82) is 0 Å². The van der Waals surface area contributed by atoms with Crippen LogP contribution in [0.4, 0.5) is 0 Å². The highest BCUT2D eigenvalue weighted by Gasteiger charge is 2.16. The molecule has 0 saturated carbocycles. The van der Waals surface area contributed by atoms with E-state index in [2.05, 4.69) is 10.3 Å². The molecule has 78 valence electrons. The van der Waals surface area contributed by atoms with Gasteiger partial charge in [-0.15, -0.1) is 5.10 Å². The molecule has 0 N–H and O–H groups in total. The molecular formula is C11H13N3O. The average Bonchev–Trinajstić information content (AvgIpc) is 2.59. The van der Waals surface area contributed by atoms with Crippen molar-refractivity contribution in [2.45, 2.75) is 13.8 Å². The Bertz CT molecular complexity index is 514. The van der Waals surface area contributed by atoms with E-state index in [1.165, 1.54) is 0 Å². The summed E-state index contributed by atoms with van der Waals surface area (Å²) in [6.45, 7) is 3.77. The third kappa shape index (κ3) is 1.52. The van der Waals surface area contributed by atoms with Gasteiger partial charge in [-0.05, 0) is 12.1 Å². The number of Topliss-reactive ketones (excluding diaryl/α,β-unsaturated/α-hetero) is 1. The van der Waals surface area contributed by atoms with Gasteiger partial charge in [0.2, 0.25) is 0 Å². The van der Waals surface area contributed by atoms with Crippen LogP contribution in [0, 0.1) is 5.92 Å². The first kappa shape index (κ1) is 9.83. The number of hydrogen-bond donors (Lipinski definition) is 0. The molecule has 0 fully saturated rings. The van der Waals surface area contributed by atoms with Gasteiger partial charge in [-0.1, -0.05) is 25.1 Å². The van der Waals surface area contributed by atoms with Crippen LogP contribution in [0.3, 0.4) is 0 Å². The molecule has 4 heteroatoms. The van der Waals surface area contributed by atoms with E-state index < -0.39 is 0 Å². The van der Waals surface area contributed by atoms with E-state index in [9.17, 15) is 4.79 Å². The summed E-state index contributed by atoms with van der Waals surface area (Å²) in [6.07, 6.45) is 0. The van der Waals surface area contributed by atoms with Gasteiger partial charge in [0, 0.05) is 18.5 Å². The number of hydrogen-bond acceptors (Lipinski definition) is 3. The van der Waals surface area contributed by atoms with Crippen molar-refractivity contribution in [3.05, 3.63) is 23.8 Å². The van der Waals surface area contributed by atoms with Crippen LogP contribution < -0.4 is 0 Å². The van der Waals surface area contributed by atoms with Gasteiger partial charge in [0.25, 0.3) is 0 Å². The van der Waals surface area contributed by atoms with E-state index in [-0.39, 0.29) is 11.7 Å². The van der Waals surface area contributed by atoms with E-state index in [4.69, 9.17) is 0 Å². The fourth-order valence-corrected chi connectivity index (χ4v) is 1.57. The fraction of sp³-hybridized carbons (Fsp3) is 0.364. The van der Waals surface area contributed by atoms with Gasteiger partial charge in [-0.3, -0.25) is 4.79 Å². The largest absolute Gasteiger partial charge is 0.294 e. The standard InChI is InChI=1S/C11H13N3O/c1-7(2)11(15)8-5-4-6-9-10(8)12-13-14(9)3/h4-7H,1-3H3. The van der Waals surface area contributed by atoms with Crippen LogP contribution in [0.15, 0.2) is 18.2 Å². The molecule has 0 saturated heterocycles. The molecule has 1 aromatic heterocycles. The lowest BCUT2D eigenvalue weighted by molar-refractivity contribution is 0.0941. The third-order valence-corrected chi connectivity index (χ3v) is 2.43. The minimum atomic E-state index is -0.0161. The summed E-state index contributed by atoms with van der Waals surface area (Å²) < 4.78 is 1.67. The predicted octanol–water partition coefficient (Wildman–Crippen LogP) is 1.81. The number of ketones is 1. The lowest BCUT2D eigenvalue weighted by Gasteiger charge is -2.03. The zero-order valence-electron chi connectivity index (χ0n) is 9.06. The zero-order valence-corrected chi connectivity index (χ0v) is 9.06. The zero-order chi connectivity index (χ0) is 11.0. The Labute approximate surface area is 87.9 Å². The average molecular weight is 203 g/mol. The number of benzene rings is 1. The molecule has 15 heavy (non-hydrogen) atoms. The van der Waals surface area contributed by atoms with Crippen LogP contribution >= 0.6 is 0 Å². The van der Waals surface area contributed by atoms with Gasteiger partial charge in [-0.25, -0.2) is 4.68 Å². The van der Waals surface area contributed by atoms with Crippen LogP contribution in [0.1, 0.15) is 24.2 Å². The molecule has 2 aromatic rings. The van der Waals surface area contributed by atoms with Crippen molar-refractivity contribution in [1.82, 2.24) is 15.0 Å². The summed E-state index contributed by atoms with van der Waals surface area (Å²) in [4.78, 5) is 11.9. The maximum absolute atomic E-state index is 11.9. The molecule has 0 aliphatic carbocycles. The van der Waals surface area contributed by atoms with E-state index in [1.54, 1.807) is 10.7 Å². The van der Waals surface area contributed by atoms with Gasteiger partial charge in [0.1, 0.15) is 5.52 Å². The molecule has 0 aliphatic rings. The summed E-state index contributed by atoms with van der Waals surface area (Å²) in [5, 5.41) is 7.93. The van der Waals surface area contributed by atoms with Crippen molar-refractivity contribution in [2.24, 2.45) is 13.0 Å². The second-order valence-corrected chi connectivity index (χ2v) is 3.91. The first-order valence-electron chi connectivity index (χ1n) is 4.94. The summed E-state index contributed by atoms with van der Waals surface area (Å²) in [6, 6.07) is 5.58. The molecule has 0 spiro atoms. The molecule has 0 aliphatic heterocycles. The molecule has 0 atom stereocenters. The van der Waals surface area contributed by atoms with E-state index >= 15 is 0 Å². The number of aryl methyl sites for hydroxylation is 1. The monoisotopic (exact) mass is 203 g/mol. The Morgan fingerprint density at radius 1 is 1.40 bits per heavy atom. The molecule has 0 bridgehead atoms. The molecule has 1 aromatic carbocycles. The van der Waals surface area contributed by atoms with Gasteiger partial charge in [0.15, 0.2) is 5.78 Å². The van der Waals surface area contributed by atoms with E-state index in [0.717, 1.165) is 5.52 Å². The van der Waals surface area contributed by atoms with Crippen LogP contribution in [0.25, 0.3) is 11.0 Å². The molecule has 4 nitrogen and oxygen atoms in total. The lowest BCUT2D eigenvalue weighted by atomic mass is 10.00. The van der Waals surface area contributed by atoms with Crippen molar-refractivity contribution >= 4 is 16.8 Å². The Kier molecular flexibility index (Phi) is 2.26. The maximum atomic E-state index is 11.9. The number of fused-ring (bicyclic) bond motifs is 1. The first-order chi connectivity index (χ1) is 7.11. The number of carbonyl (C=O) groups excluding carboxylic acids is 1. The van der Waals surface area contributed by atoms with Crippen molar-refractivity contribution in [2.75, 3.05) is 0 Å². The number of rotatable bonds is 2. The topological polar surface area (TPSA) is 47.8 Å². The SMILES string of the molecule is CC(C)C(=O)c1cccc2c1nnn2C. The van der Waals surface area contributed by atoms with Crippen LogP contribution in [-0.2, 0) is 7.05 Å². The fourth-order valence-electron chi connectivity index (χ4n) is 1.57. The molecule has 0 radical (unpaired) electrons. The highest BCUT2D eigenvalue weighted by molar-refractivity contribution is 6.06. The van der Waals surface area contributed by atoms with Crippen molar-refractivity contribution < 1.29 is 4.79 Å². The van der Waals surface area contributed by atoms with Crippen molar-refractivity contribution in [3.8, 4) is 0 Å². The van der Waals surface area contributed by atoms with Crippen molar-refractivity contribution in [3.63, 3.8) is 0 Å². The Morgan fingerprint density at radius 3 is 2.80 bits per heavy atom. The molecule has 1 heterocycles. The number of carbonyl (C=O) groups is 1. The maximum Gasteiger partial charge on any atom is 0.167 e. The van der Waals surface area contributed by atoms with Gasteiger partial charge in [0.05, 0.1) is 5.52 Å². The number of nitrogens with zero attached hydrogens (tertiary/aromatic N) is 3. The first-order valence-corrected chi connectivity index (χ1v) is 4.94. The molecule has 2 rings (SSSR count). The van der Waals surface area contributed by atoms with Crippen LogP contribution in [-0.4, -0.2) is 20.8 Å². The van der Waals surface area contributed by atoms with Crippen LogP contribution in [0.2, 0.25) is 0 Å². The second kappa shape index (κ2) is 3.46. The Balaban J connectivity index is 2.66. The van der Waals surface area contributed by atoms with Gasteiger partial charge < -0.3 is 0 Å². The van der Waals surface area contributed by atoms with E-state index in [0.29, 0.717) is 11.1 Å². The van der Waals surface area contributed by atoms with Gasteiger partial charge in [-0.2, -0.15) is 0 Å². The highest BCUT2D eigenvalue weighted by Crippen LogP contribution is 2.18. The Hall–Kier alpha value is -1.71. The second-order valence-electron chi connectivity index (χ2n) is 3.91. The molecular weight excluding hydrogens is 190 g/mol. The minimum Gasteiger partial charge on any atom is -0.294 e. The predicted molar refractivity (Wildman–Crippen MR) is 57.7 cm³/mol. The quantitative estimate of drug-likeness (QED) is 0.699. The summed E-state index contributed by atoms with van der Waals surface area (Å²) in [5.74, 6) is 0.0960. The minimum absolute atomic E-state index is 0.0161. The lowest BCUT2D eigenvalue weighted by Crippen LogP contribution is -2.07. The summed E-state index contributed by atoms with van der Waals surface area (Å²) in [5.41, 5.74) is 2.25. The molecule has 0 unspecified atom stereocenters. The number of aromatic nitrogens is 3. The summed E-state index contributed by atoms with van der Waals surface area (Å²) in [7, 11) is 1.82. The van der Waals surface area contributed by atoms with Crippen LogP contribution in [0.5, 0.6) is 0 Å². The smallest absolute Gasteiger partial charge is 0.167 e. The molecule has 0 amide bonds. The summed E-state index contributed by atoms with van der Waals surface area (Å²) >= 11 is 0.